The summed E-state index contributed by atoms with van der Waals surface area (Å²) in [5.74, 6) is 0. The Hall–Kier alpha value is -6.38. The Balaban J connectivity index is 1.16. The van der Waals surface area contributed by atoms with Crippen molar-refractivity contribution in [2.45, 2.75) is 0 Å². The summed E-state index contributed by atoms with van der Waals surface area (Å²) in [4.78, 5) is 2.36. The molecule has 0 bridgehead atoms. The second-order valence-corrected chi connectivity index (χ2v) is 12.1. The molecule has 2 heteroatoms. The Kier molecular flexibility index (Phi) is 6.84. The molecule has 0 unspecified atom stereocenters. The summed E-state index contributed by atoms with van der Waals surface area (Å²) in [7, 11) is 0. The second kappa shape index (κ2) is 11.8. The highest BCUT2D eigenvalue weighted by Crippen LogP contribution is 2.43. The fraction of sp³-hybridized carbons (Fsp3) is 0. The first-order valence-corrected chi connectivity index (χ1v) is 16.4. The maximum Gasteiger partial charge on any atom is 0.136 e. The van der Waals surface area contributed by atoms with Crippen LogP contribution in [-0.4, -0.2) is 0 Å². The van der Waals surface area contributed by atoms with Crippen molar-refractivity contribution in [1.82, 2.24) is 0 Å². The number of para-hydroxylation sites is 3. The average molecular weight is 614 g/mol. The molecule has 0 saturated heterocycles. The fourth-order valence-electron chi connectivity index (χ4n) is 7.05. The molecular weight excluding hydrogens is 583 g/mol. The highest BCUT2D eigenvalue weighted by molar-refractivity contribution is 6.12. The van der Waals surface area contributed by atoms with E-state index in [1.54, 1.807) is 0 Å². The molecule has 226 valence electrons. The van der Waals surface area contributed by atoms with E-state index in [0.29, 0.717) is 0 Å². The molecule has 48 heavy (non-hydrogen) atoms. The summed E-state index contributed by atoms with van der Waals surface area (Å²) in [6, 6.07) is 66.9. The highest BCUT2D eigenvalue weighted by atomic mass is 16.3. The van der Waals surface area contributed by atoms with Gasteiger partial charge in [0.25, 0.3) is 0 Å². The summed E-state index contributed by atoms with van der Waals surface area (Å²) >= 11 is 0. The minimum atomic E-state index is 0.906. The minimum Gasteiger partial charge on any atom is -0.456 e. The number of anilines is 3. The van der Waals surface area contributed by atoms with Crippen LogP contribution in [0.4, 0.5) is 17.1 Å². The van der Waals surface area contributed by atoms with Gasteiger partial charge in [-0.1, -0.05) is 140 Å². The maximum atomic E-state index is 6.20. The van der Waals surface area contributed by atoms with Crippen LogP contribution in [0, 0.1) is 0 Å². The topological polar surface area (TPSA) is 16.4 Å². The first-order valence-electron chi connectivity index (χ1n) is 16.4. The van der Waals surface area contributed by atoms with Crippen molar-refractivity contribution < 1.29 is 4.42 Å². The Morgan fingerprint density at radius 1 is 0.354 bits per heavy atom. The van der Waals surface area contributed by atoms with Crippen LogP contribution in [0.15, 0.2) is 192 Å². The standard InChI is InChI=1S/C46H31NO/c1-2-17-36(18-3-1)47(37-29-27-33(28-30-37)41-23-12-26-45-46(41)42-21-7-9-25-44(42)48-45)43-24-8-6-20-40(43)35-16-10-15-34(31-35)39-22-11-14-32-13-4-5-19-38(32)39/h1-31H. The molecule has 8 aromatic carbocycles. The smallest absolute Gasteiger partial charge is 0.136 e. The third-order valence-corrected chi connectivity index (χ3v) is 9.27. The molecule has 0 aliphatic rings. The molecule has 0 fully saturated rings. The SMILES string of the molecule is c1ccc(N(c2ccc(-c3cccc4oc5ccccc5c34)cc2)c2ccccc2-c2cccc(-c3cccc4ccccc34)c2)cc1. The fourth-order valence-corrected chi connectivity index (χ4v) is 7.05. The van der Waals surface area contributed by atoms with Gasteiger partial charge in [-0.05, 0) is 87.1 Å². The van der Waals surface area contributed by atoms with Crippen LogP contribution in [0.1, 0.15) is 0 Å². The molecule has 0 saturated carbocycles. The monoisotopic (exact) mass is 613 g/mol. The van der Waals surface area contributed by atoms with Gasteiger partial charge in [-0.2, -0.15) is 0 Å². The van der Waals surface area contributed by atoms with Crippen LogP contribution in [-0.2, 0) is 0 Å². The third kappa shape index (κ3) is 4.83. The Bertz CT molecular complexity index is 2560. The molecule has 2 nitrogen and oxygen atoms in total. The number of fused-ring (bicyclic) bond motifs is 4. The average Bonchev–Trinajstić information content (AvgIpc) is 3.55. The first-order chi connectivity index (χ1) is 23.8. The van der Waals surface area contributed by atoms with Gasteiger partial charge in [-0.15, -0.1) is 0 Å². The molecule has 1 heterocycles. The van der Waals surface area contributed by atoms with E-state index in [-0.39, 0.29) is 0 Å². The number of benzene rings is 8. The molecule has 9 rings (SSSR count). The lowest BCUT2D eigenvalue weighted by molar-refractivity contribution is 0.669. The molecule has 1 aromatic heterocycles. The van der Waals surface area contributed by atoms with E-state index in [4.69, 9.17) is 4.42 Å². The lowest BCUT2D eigenvalue weighted by Gasteiger charge is -2.28. The maximum absolute atomic E-state index is 6.20. The van der Waals surface area contributed by atoms with E-state index >= 15 is 0 Å². The number of nitrogens with zero attached hydrogens (tertiary/aromatic N) is 1. The van der Waals surface area contributed by atoms with Gasteiger partial charge in [-0.3, -0.25) is 0 Å². The molecule has 0 spiro atoms. The van der Waals surface area contributed by atoms with Crippen molar-refractivity contribution in [1.29, 1.82) is 0 Å². The second-order valence-electron chi connectivity index (χ2n) is 12.1. The van der Waals surface area contributed by atoms with Gasteiger partial charge >= 0.3 is 0 Å². The van der Waals surface area contributed by atoms with E-state index in [0.717, 1.165) is 44.6 Å². The summed E-state index contributed by atoms with van der Waals surface area (Å²) in [6.45, 7) is 0. The van der Waals surface area contributed by atoms with Gasteiger partial charge in [0.1, 0.15) is 11.2 Å². The summed E-state index contributed by atoms with van der Waals surface area (Å²) in [5, 5.41) is 4.79. The molecule has 0 radical (unpaired) electrons. The van der Waals surface area contributed by atoms with Crippen LogP contribution in [0.25, 0.3) is 66.1 Å². The quantitative estimate of drug-likeness (QED) is 0.185. The van der Waals surface area contributed by atoms with Crippen molar-refractivity contribution >= 4 is 49.8 Å². The number of hydrogen-bond acceptors (Lipinski definition) is 2. The molecule has 0 aliphatic heterocycles. The van der Waals surface area contributed by atoms with Crippen LogP contribution in [0.2, 0.25) is 0 Å². The highest BCUT2D eigenvalue weighted by Gasteiger charge is 2.18. The number of furan rings is 1. The van der Waals surface area contributed by atoms with Crippen LogP contribution in [0.5, 0.6) is 0 Å². The molecule has 0 amide bonds. The molecule has 0 atom stereocenters. The van der Waals surface area contributed by atoms with Gasteiger partial charge < -0.3 is 9.32 Å². The molecular formula is C46H31NO. The van der Waals surface area contributed by atoms with Gasteiger partial charge in [0.15, 0.2) is 0 Å². The van der Waals surface area contributed by atoms with Crippen LogP contribution in [0.3, 0.4) is 0 Å². The van der Waals surface area contributed by atoms with Crippen molar-refractivity contribution in [3.05, 3.63) is 188 Å². The Morgan fingerprint density at radius 3 is 1.81 bits per heavy atom. The largest absolute Gasteiger partial charge is 0.456 e. The number of hydrogen-bond donors (Lipinski definition) is 0. The van der Waals surface area contributed by atoms with Crippen molar-refractivity contribution in [3.8, 4) is 33.4 Å². The Labute approximate surface area is 279 Å². The molecule has 0 aliphatic carbocycles. The van der Waals surface area contributed by atoms with Crippen molar-refractivity contribution in [3.63, 3.8) is 0 Å². The predicted octanol–water partition coefficient (Wildman–Crippen LogP) is 13.2. The van der Waals surface area contributed by atoms with Crippen molar-refractivity contribution in [2.24, 2.45) is 0 Å². The zero-order valence-electron chi connectivity index (χ0n) is 26.3. The Morgan fingerprint density at radius 2 is 0.938 bits per heavy atom. The van der Waals surface area contributed by atoms with Gasteiger partial charge in [0, 0.05) is 27.7 Å². The van der Waals surface area contributed by atoms with Gasteiger partial charge in [0.05, 0.1) is 5.69 Å². The van der Waals surface area contributed by atoms with E-state index in [2.05, 4.69) is 181 Å². The van der Waals surface area contributed by atoms with E-state index in [9.17, 15) is 0 Å². The lowest BCUT2D eigenvalue weighted by Crippen LogP contribution is -2.11. The molecule has 0 N–H and O–H groups in total. The van der Waals surface area contributed by atoms with E-state index < -0.39 is 0 Å². The van der Waals surface area contributed by atoms with Crippen LogP contribution >= 0.6 is 0 Å². The summed E-state index contributed by atoms with van der Waals surface area (Å²) in [6.07, 6.45) is 0. The van der Waals surface area contributed by atoms with Gasteiger partial charge in [0.2, 0.25) is 0 Å². The predicted molar refractivity (Wildman–Crippen MR) is 202 cm³/mol. The normalized spacial score (nSPS) is 11.3. The summed E-state index contributed by atoms with van der Waals surface area (Å²) in [5.41, 5.74) is 12.2. The zero-order valence-corrected chi connectivity index (χ0v) is 26.3. The molecule has 9 aromatic rings. The first kappa shape index (κ1) is 27.9. The van der Waals surface area contributed by atoms with Gasteiger partial charge in [-0.25, -0.2) is 0 Å². The number of rotatable bonds is 6. The van der Waals surface area contributed by atoms with E-state index in [1.807, 2.05) is 12.1 Å². The minimum absolute atomic E-state index is 0.906. The van der Waals surface area contributed by atoms with Crippen molar-refractivity contribution in [2.75, 3.05) is 4.90 Å². The van der Waals surface area contributed by atoms with E-state index in [1.165, 1.54) is 38.6 Å². The lowest BCUT2D eigenvalue weighted by atomic mass is 9.94. The zero-order chi connectivity index (χ0) is 31.9. The third-order valence-electron chi connectivity index (χ3n) is 9.27. The summed E-state index contributed by atoms with van der Waals surface area (Å²) < 4.78 is 6.20. The van der Waals surface area contributed by atoms with Crippen LogP contribution < -0.4 is 4.90 Å².